The highest BCUT2D eigenvalue weighted by Gasteiger charge is 2.15. The molecule has 1 aliphatic rings. The van der Waals surface area contributed by atoms with Crippen molar-refractivity contribution in [2.75, 3.05) is 32.8 Å². The van der Waals surface area contributed by atoms with Crippen molar-refractivity contribution in [1.82, 2.24) is 16.0 Å². The van der Waals surface area contributed by atoms with Crippen LogP contribution in [0.5, 0.6) is 0 Å². The smallest absolute Gasteiger partial charge is 0.407 e. The second-order valence-electron chi connectivity index (χ2n) is 7.25. The number of alkyl carbamates (subject to hydrolysis) is 1. The summed E-state index contributed by atoms with van der Waals surface area (Å²) in [6, 6.07) is 0. The Bertz CT molecular complexity index is 402. The predicted molar refractivity (Wildman–Crippen MR) is 101 cm³/mol. The molecular formula is C18H36N4O3. The van der Waals surface area contributed by atoms with Gasteiger partial charge < -0.3 is 25.4 Å². The van der Waals surface area contributed by atoms with E-state index in [1.54, 1.807) is 0 Å². The van der Waals surface area contributed by atoms with Crippen LogP contribution < -0.4 is 16.0 Å². The predicted octanol–water partition coefficient (Wildman–Crippen LogP) is 2.42. The van der Waals surface area contributed by atoms with E-state index in [2.05, 4.69) is 20.9 Å². The average Bonchev–Trinajstić information content (AvgIpc) is 3.02. The van der Waals surface area contributed by atoms with Gasteiger partial charge in [0.05, 0.1) is 6.10 Å². The SMILES string of the molecule is CCNC(=NCCCOC1CCCC1)NCCNC(=O)OC(C)(C)C. The molecule has 7 nitrogen and oxygen atoms in total. The lowest BCUT2D eigenvalue weighted by Gasteiger charge is -2.19. The molecule has 0 aromatic heterocycles. The minimum absolute atomic E-state index is 0.402. The summed E-state index contributed by atoms with van der Waals surface area (Å²) in [7, 11) is 0. The number of amides is 1. The molecule has 146 valence electrons. The van der Waals surface area contributed by atoms with Crippen LogP contribution in [0.25, 0.3) is 0 Å². The van der Waals surface area contributed by atoms with Crippen molar-refractivity contribution in [1.29, 1.82) is 0 Å². The van der Waals surface area contributed by atoms with Crippen molar-refractivity contribution in [3.8, 4) is 0 Å². The number of carbonyl (C=O) groups excluding carboxylic acids is 1. The first-order valence-corrected chi connectivity index (χ1v) is 9.51. The van der Waals surface area contributed by atoms with E-state index in [1.807, 2.05) is 27.7 Å². The number of rotatable bonds is 9. The highest BCUT2D eigenvalue weighted by Crippen LogP contribution is 2.20. The average molecular weight is 357 g/mol. The summed E-state index contributed by atoms with van der Waals surface area (Å²) in [5.41, 5.74) is -0.478. The molecule has 0 aromatic carbocycles. The maximum absolute atomic E-state index is 11.6. The van der Waals surface area contributed by atoms with Crippen LogP contribution in [0, 0.1) is 0 Å². The van der Waals surface area contributed by atoms with Gasteiger partial charge >= 0.3 is 6.09 Å². The van der Waals surface area contributed by atoms with Gasteiger partial charge in [0, 0.05) is 32.8 Å². The lowest BCUT2D eigenvalue weighted by atomic mass is 10.2. The van der Waals surface area contributed by atoms with Crippen LogP contribution in [-0.2, 0) is 9.47 Å². The fourth-order valence-corrected chi connectivity index (χ4v) is 2.56. The van der Waals surface area contributed by atoms with Crippen molar-refractivity contribution >= 4 is 12.1 Å². The third kappa shape index (κ3) is 11.6. The number of nitrogens with one attached hydrogen (secondary N) is 3. The zero-order valence-corrected chi connectivity index (χ0v) is 16.3. The van der Waals surface area contributed by atoms with E-state index in [4.69, 9.17) is 9.47 Å². The Hall–Kier alpha value is -1.50. The van der Waals surface area contributed by atoms with E-state index < -0.39 is 11.7 Å². The van der Waals surface area contributed by atoms with Crippen molar-refractivity contribution < 1.29 is 14.3 Å². The minimum atomic E-state index is -0.478. The van der Waals surface area contributed by atoms with Crippen LogP contribution in [0.2, 0.25) is 0 Å². The quantitative estimate of drug-likeness (QED) is 0.336. The number of ether oxygens (including phenoxy) is 2. The van der Waals surface area contributed by atoms with E-state index in [0.29, 0.717) is 19.2 Å². The van der Waals surface area contributed by atoms with Gasteiger partial charge in [-0.25, -0.2) is 4.79 Å². The van der Waals surface area contributed by atoms with Gasteiger partial charge in [0.2, 0.25) is 0 Å². The summed E-state index contributed by atoms with van der Waals surface area (Å²) >= 11 is 0. The van der Waals surface area contributed by atoms with Crippen LogP contribution in [0.1, 0.15) is 59.8 Å². The Balaban J connectivity index is 2.13. The molecule has 0 heterocycles. The monoisotopic (exact) mass is 356 g/mol. The number of hydrogen-bond donors (Lipinski definition) is 3. The molecule has 1 fully saturated rings. The lowest BCUT2D eigenvalue weighted by molar-refractivity contribution is 0.0528. The van der Waals surface area contributed by atoms with E-state index in [9.17, 15) is 4.79 Å². The fourth-order valence-electron chi connectivity index (χ4n) is 2.56. The highest BCUT2D eigenvalue weighted by atomic mass is 16.6. The third-order valence-electron chi connectivity index (χ3n) is 3.66. The summed E-state index contributed by atoms with van der Waals surface area (Å²) in [5.74, 6) is 0.759. The number of aliphatic imine (C=N–C) groups is 1. The molecule has 0 spiro atoms. The topological polar surface area (TPSA) is 84.0 Å². The van der Waals surface area contributed by atoms with Crippen LogP contribution in [0.4, 0.5) is 4.79 Å². The van der Waals surface area contributed by atoms with Gasteiger partial charge in [-0.15, -0.1) is 0 Å². The van der Waals surface area contributed by atoms with Crippen LogP contribution in [-0.4, -0.2) is 56.5 Å². The molecular weight excluding hydrogens is 320 g/mol. The molecule has 7 heteroatoms. The van der Waals surface area contributed by atoms with Gasteiger partial charge in [0.15, 0.2) is 5.96 Å². The number of guanidine groups is 1. The molecule has 1 amide bonds. The summed E-state index contributed by atoms with van der Waals surface area (Å²) in [6.07, 6.45) is 6.00. The van der Waals surface area contributed by atoms with E-state index >= 15 is 0 Å². The molecule has 0 saturated heterocycles. The molecule has 3 N–H and O–H groups in total. The molecule has 1 saturated carbocycles. The number of hydrogen-bond acceptors (Lipinski definition) is 4. The highest BCUT2D eigenvalue weighted by molar-refractivity contribution is 5.79. The maximum atomic E-state index is 11.6. The van der Waals surface area contributed by atoms with Gasteiger partial charge in [-0.1, -0.05) is 12.8 Å². The van der Waals surface area contributed by atoms with Gasteiger partial charge in [-0.2, -0.15) is 0 Å². The molecule has 0 atom stereocenters. The first-order valence-electron chi connectivity index (χ1n) is 9.51. The molecule has 0 radical (unpaired) electrons. The van der Waals surface area contributed by atoms with Crippen LogP contribution in [0.15, 0.2) is 4.99 Å². The maximum Gasteiger partial charge on any atom is 0.407 e. The van der Waals surface area contributed by atoms with Crippen LogP contribution >= 0.6 is 0 Å². The Kier molecular flexibility index (Phi) is 10.3. The van der Waals surface area contributed by atoms with Crippen molar-refractivity contribution in [2.24, 2.45) is 4.99 Å². The van der Waals surface area contributed by atoms with E-state index in [-0.39, 0.29) is 0 Å². The molecule has 0 bridgehead atoms. The second-order valence-corrected chi connectivity index (χ2v) is 7.25. The van der Waals surface area contributed by atoms with Crippen LogP contribution in [0.3, 0.4) is 0 Å². The zero-order valence-electron chi connectivity index (χ0n) is 16.3. The fraction of sp³-hybridized carbons (Fsp3) is 0.889. The Labute approximate surface area is 152 Å². The molecule has 1 aliphatic carbocycles. The van der Waals surface area contributed by atoms with Crippen molar-refractivity contribution in [3.05, 3.63) is 0 Å². The van der Waals surface area contributed by atoms with Gasteiger partial charge in [-0.3, -0.25) is 4.99 Å². The number of carbonyl (C=O) groups is 1. The Morgan fingerprint density at radius 1 is 1.12 bits per heavy atom. The molecule has 0 unspecified atom stereocenters. The van der Waals surface area contributed by atoms with Crippen molar-refractivity contribution in [2.45, 2.75) is 71.5 Å². The van der Waals surface area contributed by atoms with Gasteiger partial charge in [0.1, 0.15) is 5.60 Å². The molecule has 0 aliphatic heterocycles. The molecule has 1 rings (SSSR count). The third-order valence-corrected chi connectivity index (χ3v) is 3.66. The van der Waals surface area contributed by atoms with Crippen molar-refractivity contribution in [3.63, 3.8) is 0 Å². The summed E-state index contributed by atoms with van der Waals surface area (Å²) in [5, 5.41) is 9.11. The first kappa shape index (κ1) is 21.5. The minimum Gasteiger partial charge on any atom is -0.444 e. The van der Waals surface area contributed by atoms with Gasteiger partial charge in [-0.05, 0) is 47.0 Å². The normalized spacial score (nSPS) is 15.9. The largest absolute Gasteiger partial charge is 0.444 e. The summed E-state index contributed by atoms with van der Waals surface area (Å²) < 4.78 is 11.0. The zero-order chi connectivity index (χ0) is 18.5. The summed E-state index contributed by atoms with van der Waals surface area (Å²) in [6.45, 7) is 10.9. The number of nitrogens with zero attached hydrogens (tertiary/aromatic N) is 1. The lowest BCUT2D eigenvalue weighted by Crippen LogP contribution is -2.42. The summed E-state index contributed by atoms with van der Waals surface area (Å²) in [4.78, 5) is 16.1. The van der Waals surface area contributed by atoms with Gasteiger partial charge in [0.25, 0.3) is 0 Å². The standard InChI is InChI=1S/C18H36N4O3/c1-5-19-16(20-11-8-14-24-15-9-6-7-10-15)21-12-13-22-17(23)25-18(2,3)4/h15H,5-14H2,1-4H3,(H,22,23)(H2,19,20,21). The Morgan fingerprint density at radius 3 is 2.44 bits per heavy atom. The molecule has 0 aromatic rings. The molecule has 25 heavy (non-hydrogen) atoms. The second kappa shape index (κ2) is 12.0. The van der Waals surface area contributed by atoms with E-state index in [0.717, 1.165) is 32.1 Å². The first-order chi connectivity index (χ1) is 11.9. The Morgan fingerprint density at radius 2 is 1.80 bits per heavy atom. The van der Waals surface area contributed by atoms with E-state index in [1.165, 1.54) is 25.7 Å².